The van der Waals surface area contributed by atoms with Crippen LogP contribution in [0.15, 0.2) is 22.7 Å². The summed E-state index contributed by atoms with van der Waals surface area (Å²) in [5.41, 5.74) is 6.90. The highest BCUT2D eigenvalue weighted by Crippen LogP contribution is 2.24. The number of hydrogen-bond acceptors (Lipinski definition) is 3. The van der Waals surface area contributed by atoms with E-state index in [2.05, 4.69) is 26.1 Å². The lowest BCUT2D eigenvalue weighted by Crippen LogP contribution is -2.44. The molecule has 1 heterocycles. The molecule has 1 aliphatic rings. The van der Waals surface area contributed by atoms with Gasteiger partial charge in [-0.3, -0.25) is 4.79 Å². The molecule has 0 aliphatic carbocycles. The van der Waals surface area contributed by atoms with Crippen molar-refractivity contribution in [1.29, 1.82) is 0 Å². The van der Waals surface area contributed by atoms with Gasteiger partial charge in [0.25, 0.3) is 5.91 Å². The smallest absolute Gasteiger partial charge is 0.250 e. The average molecular weight is 284 g/mol. The molecule has 1 fully saturated rings. The van der Waals surface area contributed by atoms with Crippen LogP contribution in [0.25, 0.3) is 0 Å². The number of rotatable bonds is 2. The van der Waals surface area contributed by atoms with Gasteiger partial charge >= 0.3 is 0 Å². The van der Waals surface area contributed by atoms with E-state index in [-0.39, 0.29) is 5.91 Å². The second-order valence-electron chi connectivity index (χ2n) is 3.76. The lowest BCUT2D eigenvalue weighted by Gasteiger charge is -2.30. The molecule has 0 bridgehead atoms. The monoisotopic (exact) mass is 283 g/mol. The molecule has 1 amide bonds. The second kappa shape index (κ2) is 4.84. The summed E-state index contributed by atoms with van der Waals surface area (Å²) < 4.78 is 0.875. The van der Waals surface area contributed by atoms with Crippen LogP contribution >= 0.6 is 15.9 Å². The summed E-state index contributed by atoms with van der Waals surface area (Å²) in [6, 6.07) is 5.65. The Morgan fingerprint density at radius 3 is 2.69 bits per heavy atom. The zero-order valence-electron chi connectivity index (χ0n) is 8.87. The van der Waals surface area contributed by atoms with Crippen molar-refractivity contribution in [2.75, 3.05) is 31.1 Å². The lowest BCUT2D eigenvalue weighted by atomic mass is 10.1. The Balaban J connectivity index is 2.34. The standard InChI is InChI=1S/C11H14BrN3O/c12-8-1-2-10(9(7-8)11(13)16)15-5-3-14-4-6-15/h1-2,7,14H,3-6H2,(H2,13,16). The number of nitrogens with two attached hydrogens (primary N) is 1. The molecule has 0 unspecified atom stereocenters. The van der Waals surface area contributed by atoms with E-state index in [0.717, 1.165) is 36.3 Å². The van der Waals surface area contributed by atoms with Crippen LogP contribution in [0.1, 0.15) is 10.4 Å². The number of amides is 1. The van der Waals surface area contributed by atoms with Gasteiger partial charge in [-0.2, -0.15) is 0 Å². The number of piperazine rings is 1. The van der Waals surface area contributed by atoms with Crippen molar-refractivity contribution in [2.24, 2.45) is 5.73 Å². The average Bonchev–Trinajstić information content (AvgIpc) is 2.30. The quantitative estimate of drug-likeness (QED) is 0.850. The highest BCUT2D eigenvalue weighted by atomic mass is 79.9. The van der Waals surface area contributed by atoms with E-state index in [4.69, 9.17) is 5.73 Å². The van der Waals surface area contributed by atoms with Crippen molar-refractivity contribution in [1.82, 2.24) is 5.32 Å². The second-order valence-corrected chi connectivity index (χ2v) is 4.68. The van der Waals surface area contributed by atoms with Crippen LogP contribution in [-0.2, 0) is 0 Å². The van der Waals surface area contributed by atoms with Crippen molar-refractivity contribution < 1.29 is 4.79 Å². The van der Waals surface area contributed by atoms with Gasteiger partial charge in [0.2, 0.25) is 0 Å². The molecule has 0 spiro atoms. The molecule has 4 nitrogen and oxygen atoms in total. The van der Waals surface area contributed by atoms with E-state index in [1.807, 2.05) is 12.1 Å². The number of anilines is 1. The Bertz CT molecular complexity index is 402. The number of nitrogens with zero attached hydrogens (tertiary/aromatic N) is 1. The van der Waals surface area contributed by atoms with E-state index in [9.17, 15) is 4.79 Å². The maximum absolute atomic E-state index is 11.4. The lowest BCUT2D eigenvalue weighted by molar-refractivity contribution is 0.100. The third-order valence-electron chi connectivity index (χ3n) is 2.68. The van der Waals surface area contributed by atoms with Gasteiger partial charge in [-0.15, -0.1) is 0 Å². The van der Waals surface area contributed by atoms with Crippen LogP contribution in [0.5, 0.6) is 0 Å². The minimum atomic E-state index is -0.380. The summed E-state index contributed by atoms with van der Waals surface area (Å²) in [5, 5.41) is 3.28. The Kier molecular flexibility index (Phi) is 3.46. The number of hydrogen-bond donors (Lipinski definition) is 2. The van der Waals surface area contributed by atoms with Crippen molar-refractivity contribution in [2.45, 2.75) is 0 Å². The molecule has 1 aromatic carbocycles. The Labute approximate surface area is 103 Å². The summed E-state index contributed by atoms with van der Waals surface area (Å²) in [6.07, 6.45) is 0. The first-order valence-corrected chi connectivity index (χ1v) is 6.03. The number of halogens is 1. The van der Waals surface area contributed by atoms with E-state index in [0.29, 0.717) is 5.56 Å². The van der Waals surface area contributed by atoms with Gasteiger partial charge in [-0.05, 0) is 18.2 Å². The van der Waals surface area contributed by atoms with Gasteiger partial charge in [-0.25, -0.2) is 0 Å². The highest BCUT2D eigenvalue weighted by Gasteiger charge is 2.16. The van der Waals surface area contributed by atoms with Crippen LogP contribution < -0.4 is 16.0 Å². The first-order valence-electron chi connectivity index (χ1n) is 5.23. The molecule has 5 heteroatoms. The third-order valence-corrected chi connectivity index (χ3v) is 3.17. The Hall–Kier alpha value is -1.07. The van der Waals surface area contributed by atoms with Gasteiger partial charge in [0.05, 0.1) is 5.56 Å². The van der Waals surface area contributed by atoms with Crippen molar-refractivity contribution in [3.8, 4) is 0 Å². The fourth-order valence-electron chi connectivity index (χ4n) is 1.89. The van der Waals surface area contributed by atoms with Crippen LogP contribution in [0.2, 0.25) is 0 Å². The summed E-state index contributed by atoms with van der Waals surface area (Å²) in [4.78, 5) is 13.6. The van der Waals surface area contributed by atoms with Gasteiger partial charge in [0.1, 0.15) is 0 Å². The van der Waals surface area contributed by atoms with Crippen LogP contribution in [0.4, 0.5) is 5.69 Å². The Morgan fingerprint density at radius 2 is 2.06 bits per heavy atom. The zero-order chi connectivity index (χ0) is 11.5. The SMILES string of the molecule is NC(=O)c1cc(Br)ccc1N1CCNCC1. The summed E-state index contributed by atoms with van der Waals surface area (Å²) >= 11 is 3.35. The van der Waals surface area contributed by atoms with E-state index in [1.54, 1.807) is 6.07 Å². The molecular weight excluding hydrogens is 270 g/mol. The Morgan fingerprint density at radius 1 is 1.38 bits per heavy atom. The molecule has 2 rings (SSSR count). The van der Waals surface area contributed by atoms with E-state index >= 15 is 0 Å². The topological polar surface area (TPSA) is 58.4 Å². The molecule has 1 aliphatic heterocycles. The molecule has 86 valence electrons. The fourth-order valence-corrected chi connectivity index (χ4v) is 2.25. The number of benzene rings is 1. The molecule has 16 heavy (non-hydrogen) atoms. The van der Waals surface area contributed by atoms with Crippen LogP contribution in [0.3, 0.4) is 0 Å². The van der Waals surface area contributed by atoms with Gasteiger partial charge in [0, 0.05) is 36.3 Å². The minimum absolute atomic E-state index is 0.380. The predicted molar refractivity (Wildman–Crippen MR) is 67.7 cm³/mol. The normalized spacial score (nSPS) is 16.2. The van der Waals surface area contributed by atoms with Crippen molar-refractivity contribution in [3.05, 3.63) is 28.2 Å². The number of carbonyl (C=O) groups excluding carboxylic acids is 1. The maximum Gasteiger partial charge on any atom is 0.250 e. The zero-order valence-corrected chi connectivity index (χ0v) is 10.5. The van der Waals surface area contributed by atoms with Gasteiger partial charge < -0.3 is 16.0 Å². The van der Waals surface area contributed by atoms with Crippen molar-refractivity contribution >= 4 is 27.5 Å². The summed E-state index contributed by atoms with van der Waals surface area (Å²) in [6.45, 7) is 3.69. The van der Waals surface area contributed by atoms with Crippen molar-refractivity contribution in [3.63, 3.8) is 0 Å². The largest absolute Gasteiger partial charge is 0.368 e. The van der Waals surface area contributed by atoms with E-state index < -0.39 is 0 Å². The molecule has 0 aromatic heterocycles. The third kappa shape index (κ3) is 2.36. The highest BCUT2D eigenvalue weighted by molar-refractivity contribution is 9.10. The number of primary amides is 1. The molecular formula is C11H14BrN3O. The van der Waals surface area contributed by atoms with Gasteiger partial charge in [-0.1, -0.05) is 15.9 Å². The van der Waals surface area contributed by atoms with Crippen LogP contribution in [0, 0.1) is 0 Å². The summed E-state index contributed by atoms with van der Waals surface area (Å²) in [5.74, 6) is -0.380. The minimum Gasteiger partial charge on any atom is -0.368 e. The van der Waals surface area contributed by atoms with Crippen LogP contribution in [-0.4, -0.2) is 32.1 Å². The van der Waals surface area contributed by atoms with E-state index in [1.165, 1.54) is 0 Å². The molecule has 1 saturated heterocycles. The molecule has 1 aromatic rings. The predicted octanol–water partition coefficient (Wildman–Crippen LogP) is 0.958. The number of nitrogens with one attached hydrogen (secondary N) is 1. The first kappa shape index (κ1) is 11.4. The first-order chi connectivity index (χ1) is 7.68. The molecule has 0 atom stereocenters. The van der Waals surface area contributed by atoms with Gasteiger partial charge in [0.15, 0.2) is 0 Å². The molecule has 3 N–H and O–H groups in total. The number of carbonyl (C=O) groups is 1. The summed E-state index contributed by atoms with van der Waals surface area (Å²) in [7, 11) is 0. The maximum atomic E-state index is 11.4. The fraction of sp³-hybridized carbons (Fsp3) is 0.364. The molecule has 0 saturated carbocycles. The molecule has 0 radical (unpaired) electrons.